The second kappa shape index (κ2) is 15.0. The predicted octanol–water partition coefficient (Wildman–Crippen LogP) is 2.25. The van der Waals surface area contributed by atoms with Gasteiger partial charge in [0.05, 0.1) is 37.5 Å². The Balaban J connectivity index is 1.07. The highest BCUT2D eigenvalue weighted by Crippen LogP contribution is 2.62. The number of hydrogen-bond donors (Lipinski definition) is 6. The maximum atomic E-state index is 13.2. The molecule has 4 aliphatic heterocycles. The molecule has 1 aromatic carbocycles. The molecular formula is C41H52N4O10. The summed E-state index contributed by atoms with van der Waals surface area (Å²) < 4.78 is 19.9. The van der Waals surface area contributed by atoms with Crippen molar-refractivity contribution < 1.29 is 49.6 Å². The highest BCUT2D eigenvalue weighted by atomic mass is 16.7. The molecule has 1 aromatic heterocycles. The minimum Gasteiger partial charge on any atom is -0.423 e. The van der Waals surface area contributed by atoms with Gasteiger partial charge in [0.2, 0.25) is 5.95 Å². The first-order chi connectivity index (χ1) is 26.5. The Labute approximate surface area is 320 Å². The molecule has 0 spiro atoms. The molecule has 9 unspecified atom stereocenters. The summed E-state index contributed by atoms with van der Waals surface area (Å²) in [6.45, 7) is 5.08. The normalized spacial score (nSPS) is 39.5. The van der Waals surface area contributed by atoms with Gasteiger partial charge >= 0.3 is 5.97 Å². The molecule has 6 aliphatic rings. The lowest BCUT2D eigenvalue weighted by Crippen LogP contribution is -2.64. The summed E-state index contributed by atoms with van der Waals surface area (Å²) in [5.74, 6) is 0.342. The van der Waals surface area contributed by atoms with Gasteiger partial charge in [-0.05, 0) is 79.2 Å². The molecule has 2 saturated carbocycles. The topological polar surface area (TPSA) is 200 Å². The van der Waals surface area contributed by atoms with Gasteiger partial charge in [-0.15, -0.1) is 0 Å². The fraction of sp³-hybridized carbons (Fsp3) is 0.585. The Bertz CT molecular complexity index is 1870. The van der Waals surface area contributed by atoms with E-state index >= 15 is 0 Å². The van der Waals surface area contributed by atoms with Gasteiger partial charge in [-0.3, -0.25) is 0 Å². The van der Waals surface area contributed by atoms with Gasteiger partial charge in [-0.1, -0.05) is 38.1 Å². The van der Waals surface area contributed by atoms with Crippen LogP contribution in [0.3, 0.4) is 0 Å². The third kappa shape index (κ3) is 6.69. The van der Waals surface area contributed by atoms with Crippen molar-refractivity contribution in [2.75, 3.05) is 31.3 Å². The van der Waals surface area contributed by atoms with E-state index in [0.29, 0.717) is 43.1 Å². The maximum Gasteiger partial charge on any atom is 0.343 e. The number of aromatic nitrogens is 2. The minimum atomic E-state index is -1.58. The third-order valence-electron chi connectivity index (χ3n) is 13.5. The average molecular weight is 761 g/mol. The molecule has 4 fully saturated rings. The van der Waals surface area contributed by atoms with E-state index in [9.17, 15) is 35.4 Å². The zero-order chi connectivity index (χ0) is 38.6. The van der Waals surface area contributed by atoms with Gasteiger partial charge in [0.1, 0.15) is 30.2 Å². The van der Waals surface area contributed by atoms with Crippen LogP contribution >= 0.6 is 0 Å². The van der Waals surface area contributed by atoms with Crippen LogP contribution in [0.25, 0.3) is 6.08 Å². The summed E-state index contributed by atoms with van der Waals surface area (Å²) in [4.78, 5) is 24.9. The number of fused-ring (bicyclic) bond motifs is 3. The average Bonchev–Trinajstić information content (AvgIpc) is 3.94. The van der Waals surface area contributed by atoms with Crippen molar-refractivity contribution in [1.29, 1.82) is 0 Å². The van der Waals surface area contributed by atoms with E-state index in [2.05, 4.69) is 22.9 Å². The molecule has 2 saturated heterocycles. The summed E-state index contributed by atoms with van der Waals surface area (Å²) in [5, 5.41) is 62.3. The number of aliphatic hydroxyl groups is 6. The van der Waals surface area contributed by atoms with Crippen molar-refractivity contribution in [3.63, 3.8) is 0 Å². The number of allylic oxidation sites excluding steroid dienone is 2. The van der Waals surface area contributed by atoms with Gasteiger partial charge in [0.15, 0.2) is 6.29 Å². The Morgan fingerprint density at radius 3 is 2.58 bits per heavy atom. The lowest BCUT2D eigenvalue weighted by atomic mass is 9.45. The van der Waals surface area contributed by atoms with Gasteiger partial charge in [-0.25, -0.2) is 14.8 Å². The van der Waals surface area contributed by atoms with Crippen LogP contribution in [0.2, 0.25) is 0 Å². The molecule has 0 amide bonds. The molecule has 14 heteroatoms. The van der Waals surface area contributed by atoms with Gasteiger partial charge in [0.25, 0.3) is 0 Å². The second-order valence-corrected chi connectivity index (χ2v) is 16.6. The number of rotatable bonds is 9. The van der Waals surface area contributed by atoms with Gasteiger partial charge < -0.3 is 54.3 Å². The van der Waals surface area contributed by atoms with E-state index in [1.165, 1.54) is 0 Å². The quantitative estimate of drug-likeness (QED) is 0.161. The van der Waals surface area contributed by atoms with Crippen LogP contribution in [-0.4, -0.2) is 121 Å². The van der Waals surface area contributed by atoms with Crippen LogP contribution in [0.4, 0.5) is 11.6 Å². The molecule has 2 aliphatic carbocycles. The maximum absolute atomic E-state index is 13.2. The minimum absolute atomic E-state index is 0.00218. The van der Waals surface area contributed by atoms with Crippen molar-refractivity contribution >= 4 is 29.4 Å². The first-order valence-corrected chi connectivity index (χ1v) is 19.4. The van der Waals surface area contributed by atoms with Crippen molar-refractivity contribution in [3.8, 4) is 0 Å². The number of carbonyl (C=O) groups excluding carboxylic acids is 1. The van der Waals surface area contributed by atoms with E-state index < -0.39 is 60.2 Å². The summed E-state index contributed by atoms with van der Waals surface area (Å²) in [6.07, 6.45) is 7.25. The lowest BCUT2D eigenvalue weighted by Gasteiger charge is -2.62. The van der Waals surface area contributed by atoms with Crippen molar-refractivity contribution in [2.24, 2.45) is 33.6 Å². The van der Waals surface area contributed by atoms with E-state index in [-0.39, 0.29) is 37.0 Å². The Kier molecular flexibility index (Phi) is 10.4. The molecule has 2 aromatic rings. The van der Waals surface area contributed by atoms with Gasteiger partial charge in [0, 0.05) is 48.2 Å². The number of benzene rings is 1. The number of ether oxygens (including phenoxy) is 3. The molecular weight excluding hydrogens is 708 g/mol. The number of imidazole rings is 1. The molecule has 12 atom stereocenters. The number of hydrogen-bond acceptors (Lipinski definition) is 13. The van der Waals surface area contributed by atoms with Crippen LogP contribution in [0.15, 0.2) is 71.2 Å². The number of aliphatic imine (C=N–C) groups is 1. The Hall–Kier alpha value is -3.73. The molecule has 5 heterocycles. The summed E-state index contributed by atoms with van der Waals surface area (Å²) >= 11 is 0. The van der Waals surface area contributed by atoms with E-state index in [4.69, 9.17) is 19.2 Å². The zero-order valence-electron chi connectivity index (χ0n) is 31.2. The van der Waals surface area contributed by atoms with Crippen molar-refractivity contribution in [2.45, 2.75) is 95.3 Å². The number of anilines is 1. The first kappa shape index (κ1) is 38.2. The van der Waals surface area contributed by atoms with Gasteiger partial charge in [-0.2, -0.15) is 0 Å². The Morgan fingerprint density at radius 2 is 1.84 bits per heavy atom. The summed E-state index contributed by atoms with van der Waals surface area (Å²) in [6, 6.07) is 8.16. The van der Waals surface area contributed by atoms with Crippen LogP contribution < -0.4 is 4.90 Å². The number of nitrogens with zero attached hydrogens (tertiary/aromatic N) is 4. The van der Waals surface area contributed by atoms with E-state index in [0.717, 1.165) is 36.3 Å². The second-order valence-electron chi connectivity index (χ2n) is 16.6. The predicted molar refractivity (Wildman–Crippen MR) is 201 cm³/mol. The van der Waals surface area contributed by atoms with Crippen molar-refractivity contribution in [3.05, 3.63) is 71.8 Å². The molecule has 55 heavy (non-hydrogen) atoms. The molecule has 14 nitrogen and oxygen atoms in total. The smallest absolute Gasteiger partial charge is 0.343 e. The molecule has 8 rings (SSSR count). The first-order valence-electron chi connectivity index (χ1n) is 19.4. The number of esters is 1. The number of aliphatic hydroxyl groups excluding tert-OH is 6. The van der Waals surface area contributed by atoms with Crippen molar-refractivity contribution in [1.82, 2.24) is 9.55 Å². The Morgan fingerprint density at radius 1 is 1.04 bits per heavy atom. The standard InChI is InChI=1S/C41H52N4O10/c1-40-12-11-33(55-38-36(51)35(50)34(49)31(21-47)54-38)41(2,22-48)32(40)18-30-28(19-44-15-13-42-39(44)43-30)29(40)10-7-24-17-27(53-37(24)52)16-23-5-8-25(9-6-23)45-14-3-4-26(45)20-46/h5-10,13,15-17,26,28-29,31-36,38,46-51H,3-4,11-12,14,18-22H2,1-2H3/b10-7+,27-16+/t26?,28?,29?,31?,32?,33-,34?,35?,36?,38?,40-,41+/m1/s1. The van der Waals surface area contributed by atoms with E-state index in [1.54, 1.807) is 12.3 Å². The largest absolute Gasteiger partial charge is 0.423 e. The molecule has 296 valence electrons. The highest BCUT2D eigenvalue weighted by Gasteiger charge is 2.62. The highest BCUT2D eigenvalue weighted by molar-refractivity contribution is 5.97. The number of cyclic esters (lactones) is 1. The monoisotopic (exact) mass is 760 g/mol. The fourth-order valence-electron chi connectivity index (χ4n) is 10.3. The lowest BCUT2D eigenvalue weighted by molar-refractivity contribution is -0.329. The molecule has 0 bridgehead atoms. The zero-order valence-corrected chi connectivity index (χ0v) is 31.2. The molecule has 6 N–H and O–H groups in total. The molecule has 0 radical (unpaired) electrons. The fourth-order valence-corrected chi connectivity index (χ4v) is 10.3. The summed E-state index contributed by atoms with van der Waals surface area (Å²) in [5.41, 5.74) is 2.08. The van der Waals surface area contributed by atoms with Crippen LogP contribution in [0, 0.1) is 28.6 Å². The number of carbonyl (C=O) groups is 1. The SMILES string of the molecule is C[C@]12CC[C@@H](OC3OC(CO)C(O)C(O)C3O)[C@@](C)(CO)C1CC1=Nc3nccn3CC1C2/C=C/C1=CC(=C\c2ccc(N3CCCC3CO)cc2)/OC1=O. The van der Waals surface area contributed by atoms with Crippen LogP contribution in [-0.2, 0) is 25.5 Å². The third-order valence-corrected chi connectivity index (χ3v) is 13.5. The van der Waals surface area contributed by atoms with Crippen LogP contribution in [0.5, 0.6) is 0 Å². The summed E-state index contributed by atoms with van der Waals surface area (Å²) in [7, 11) is 0. The van der Waals surface area contributed by atoms with Crippen LogP contribution in [0.1, 0.15) is 51.5 Å². The van der Waals surface area contributed by atoms with E-state index in [1.807, 2.05) is 54.1 Å².